The van der Waals surface area contributed by atoms with Crippen LogP contribution in [0.1, 0.15) is 44.9 Å². The molecule has 116 valence electrons. The standard InChI is InChI=1S/C17H24BrNO2/c1-20-13-5-6-15(18)16(11-13)19-12-14-7-10-17(21-14)8-3-2-4-9-17/h5-6,11,14,19H,2-4,7-10,12H2,1H3. The molecule has 1 spiro atoms. The zero-order chi connectivity index (χ0) is 14.7. The lowest BCUT2D eigenvalue weighted by atomic mass is 9.83. The largest absolute Gasteiger partial charge is 0.497 e. The highest BCUT2D eigenvalue weighted by molar-refractivity contribution is 9.10. The Labute approximate surface area is 135 Å². The van der Waals surface area contributed by atoms with E-state index in [1.54, 1.807) is 7.11 Å². The van der Waals surface area contributed by atoms with Crippen molar-refractivity contribution < 1.29 is 9.47 Å². The van der Waals surface area contributed by atoms with E-state index >= 15 is 0 Å². The number of rotatable bonds is 4. The van der Waals surface area contributed by atoms with Crippen molar-refractivity contribution in [1.82, 2.24) is 0 Å². The third-order valence-corrected chi connectivity index (χ3v) is 5.49. The van der Waals surface area contributed by atoms with Crippen molar-refractivity contribution in [3.63, 3.8) is 0 Å². The molecule has 4 heteroatoms. The molecule has 0 bridgehead atoms. The van der Waals surface area contributed by atoms with Crippen LogP contribution in [0.25, 0.3) is 0 Å². The number of anilines is 1. The average Bonchev–Trinajstić information content (AvgIpc) is 2.90. The Hall–Kier alpha value is -0.740. The minimum absolute atomic E-state index is 0.205. The van der Waals surface area contributed by atoms with Gasteiger partial charge in [-0.2, -0.15) is 0 Å². The lowest BCUT2D eigenvalue weighted by molar-refractivity contribution is -0.0588. The van der Waals surface area contributed by atoms with Crippen molar-refractivity contribution in [2.75, 3.05) is 19.0 Å². The SMILES string of the molecule is COc1ccc(Br)c(NCC2CCC3(CCCCC3)O2)c1. The van der Waals surface area contributed by atoms with E-state index in [1.165, 1.54) is 44.9 Å². The van der Waals surface area contributed by atoms with Gasteiger partial charge in [0.05, 0.1) is 24.5 Å². The third kappa shape index (κ3) is 3.54. The summed E-state index contributed by atoms with van der Waals surface area (Å²) < 4.78 is 12.7. The highest BCUT2D eigenvalue weighted by atomic mass is 79.9. The second-order valence-electron chi connectivity index (χ2n) is 6.25. The van der Waals surface area contributed by atoms with Crippen LogP contribution >= 0.6 is 15.9 Å². The Morgan fingerprint density at radius 1 is 1.29 bits per heavy atom. The molecule has 1 saturated carbocycles. The average molecular weight is 354 g/mol. The number of hydrogen-bond donors (Lipinski definition) is 1. The van der Waals surface area contributed by atoms with Crippen LogP contribution in [0.2, 0.25) is 0 Å². The predicted octanol–water partition coefficient (Wildman–Crippen LogP) is 4.75. The van der Waals surface area contributed by atoms with Crippen molar-refractivity contribution in [3.8, 4) is 5.75 Å². The Kier molecular flexibility index (Phi) is 4.75. The minimum atomic E-state index is 0.205. The lowest BCUT2D eigenvalue weighted by Crippen LogP contribution is -2.33. The van der Waals surface area contributed by atoms with Gasteiger partial charge in [0.25, 0.3) is 0 Å². The van der Waals surface area contributed by atoms with E-state index < -0.39 is 0 Å². The maximum atomic E-state index is 6.40. The van der Waals surface area contributed by atoms with Crippen LogP contribution < -0.4 is 10.1 Å². The molecule has 3 rings (SSSR count). The van der Waals surface area contributed by atoms with Gasteiger partial charge in [0, 0.05) is 17.1 Å². The van der Waals surface area contributed by atoms with Crippen molar-refractivity contribution in [3.05, 3.63) is 22.7 Å². The molecule has 1 N–H and O–H groups in total. The number of methoxy groups -OCH3 is 1. The van der Waals surface area contributed by atoms with Gasteiger partial charge >= 0.3 is 0 Å². The number of ether oxygens (including phenoxy) is 2. The normalized spacial score (nSPS) is 24.2. The van der Waals surface area contributed by atoms with Gasteiger partial charge in [-0.3, -0.25) is 0 Å². The van der Waals surface area contributed by atoms with E-state index in [9.17, 15) is 0 Å². The zero-order valence-corrected chi connectivity index (χ0v) is 14.2. The molecule has 1 saturated heterocycles. The van der Waals surface area contributed by atoms with E-state index in [2.05, 4.69) is 21.2 Å². The fourth-order valence-corrected chi connectivity index (χ4v) is 3.98. The number of nitrogens with one attached hydrogen (secondary N) is 1. The maximum Gasteiger partial charge on any atom is 0.121 e. The van der Waals surface area contributed by atoms with Crippen LogP contribution in [0, 0.1) is 0 Å². The van der Waals surface area contributed by atoms with E-state index in [4.69, 9.17) is 9.47 Å². The molecule has 2 fully saturated rings. The molecule has 0 aromatic heterocycles. The topological polar surface area (TPSA) is 30.5 Å². The Balaban J connectivity index is 1.56. The van der Waals surface area contributed by atoms with Gasteiger partial charge in [0.2, 0.25) is 0 Å². The maximum absolute atomic E-state index is 6.40. The van der Waals surface area contributed by atoms with Gasteiger partial charge in [-0.1, -0.05) is 19.3 Å². The molecule has 1 unspecified atom stereocenters. The van der Waals surface area contributed by atoms with Gasteiger partial charge in [-0.05, 0) is 53.7 Å². The molecule has 1 atom stereocenters. The molecule has 21 heavy (non-hydrogen) atoms. The van der Waals surface area contributed by atoms with E-state index in [1.807, 2.05) is 18.2 Å². The van der Waals surface area contributed by atoms with Crippen LogP contribution in [-0.2, 0) is 4.74 Å². The fraction of sp³-hybridized carbons (Fsp3) is 0.647. The van der Waals surface area contributed by atoms with Crippen LogP contribution in [-0.4, -0.2) is 25.4 Å². The third-order valence-electron chi connectivity index (χ3n) is 4.80. The van der Waals surface area contributed by atoms with E-state index in [-0.39, 0.29) is 5.60 Å². The molecule has 1 heterocycles. The van der Waals surface area contributed by atoms with Crippen LogP contribution in [0.4, 0.5) is 5.69 Å². The fourth-order valence-electron chi connectivity index (χ4n) is 3.59. The molecule has 3 nitrogen and oxygen atoms in total. The monoisotopic (exact) mass is 353 g/mol. The van der Waals surface area contributed by atoms with Gasteiger partial charge in [0.15, 0.2) is 0 Å². The smallest absolute Gasteiger partial charge is 0.121 e. The first-order valence-electron chi connectivity index (χ1n) is 7.96. The van der Waals surface area contributed by atoms with Crippen molar-refractivity contribution in [2.45, 2.75) is 56.7 Å². The summed E-state index contributed by atoms with van der Waals surface area (Å²) in [5, 5.41) is 3.50. The molecular weight excluding hydrogens is 330 g/mol. The van der Waals surface area contributed by atoms with Crippen molar-refractivity contribution >= 4 is 21.6 Å². The summed E-state index contributed by atoms with van der Waals surface area (Å²) in [6.45, 7) is 0.869. The van der Waals surface area contributed by atoms with Crippen molar-refractivity contribution in [1.29, 1.82) is 0 Å². The Morgan fingerprint density at radius 2 is 2.10 bits per heavy atom. The molecule has 1 aromatic carbocycles. The first-order valence-corrected chi connectivity index (χ1v) is 8.75. The molecule has 1 aromatic rings. The zero-order valence-electron chi connectivity index (χ0n) is 12.7. The van der Waals surface area contributed by atoms with Crippen molar-refractivity contribution in [2.24, 2.45) is 0 Å². The van der Waals surface area contributed by atoms with Crippen LogP contribution in [0.5, 0.6) is 5.75 Å². The lowest BCUT2D eigenvalue weighted by Gasteiger charge is -2.33. The summed E-state index contributed by atoms with van der Waals surface area (Å²) in [6.07, 6.45) is 9.31. The predicted molar refractivity (Wildman–Crippen MR) is 89.1 cm³/mol. The Morgan fingerprint density at radius 3 is 2.86 bits per heavy atom. The summed E-state index contributed by atoms with van der Waals surface area (Å²) in [4.78, 5) is 0. The minimum Gasteiger partial charge on any atom is -0.497 e. The van der Waals surface area contributed by atoms with Gasteiger partial charge in [-0.25, -0.2) is 0 Å². The summed E-state index contributed by atoms with van der Waals surface area (Å²) in [5.74, 6) is 0.872. The molecule has 0 radical (unpaired) electrons. The first-order chi connectivity index (χ1) is 10.2. The highest BCUT2D eigenvalue weighted by Crippen LogP contribution is 2.42. The number of hydrogen-bond acceptors (Lipinski definition) is 3. The van der Waals surface area contributed by atoms with E-state index in [0.29, 0.717) is 6.10 Å². The quantitative estimate of drug-likeness (QED) is 0.846. The second-order valence-corrected chi connectivity index (χ2v) is 7.10. The first kappa shape index (κ1) is 15.2. The molecule has 1 aliphatic heterocycles. The summed E-state index contributed by atoms with van der Waals surface area (Å²) >= 11 is 3.58. The van der Waals surface area contributed by atoms with Gasteiger partial charge in [0.1, 0.15) is 5.75 Å². The number of halogens is 1. The molecule has 2 aliphatic rings. The molecule has 1 aliphatic carbocycles. The Bertz CT molecular complexity index is 486. The number of benzene rings is 1. The van der Waals surface area contributed by atoms with E-state index in [0.717, 1.165) is 22.5 Å². The van der Waals surface area contributed by atoms with Crippen LogP contribution in [0.15, 0.2) is 22.7 Å². The summed E-state index contributed by atoms with van der Waals surface area (Å²) in [7, 11) is 1.69. The van der Waals surface area contributed by atoms with Gasteiger partial charge in [-0.15, -0.1) is 0 Å². The second kappa shape index (κ2) is 6.57. The summed E-state index contributed by atoms with van der Waals surface area (Å²) in [6, 6.07) is 5.99. The summed E-state index contributed by atoms with van der Waals surface area (Å²) in [5.41, 5.74) is 1.28. The van der Waals surface area contributed by atoms with Crippen LogP contribution in [0.3, 0.4) is 0 Å². The molecule has 0 amide bonds. The van der Waals surface area contributed by atoms with Gasteiger partial charge < -0.3 is 14.8 Å². The molecular formula is C17H24BrNO2. The highest BCUT2D eigenvalue weighted by Gasteiger charge is 2.40.